The Bertz CT molecular complexity index is 561. The van der Waals surface area contributed by atoms with E-state index in [1.54, 1.807) is 9.84 Å². The second-order valence-electron chi connectivity index (χ2n) is 6.90. The molecular weight excluding hydrogens is 403 g/mol. The molecule has 0 N–H and O–H groups in total. The topological polar surface area (TPSA) is 38.9 Å². The van der Waals surface area contributed by atoms with Crippen LogP contribution in [0, 0.1) is 0 Å². The third-order valence-electron chi connectivity index (χ3n) is 5.07. The molecule has 0 spiro atoms. The van der Waals surface area contributed by atoms with Gasteiger partial charge in [-0.05, 0) is 0 Å². The zero-order chi connectivity index (χ0) is 17.3. The summed E-state index contributed by atoms with van der Waals surface area (Å²) in [5.41, 5.74) is 0.906. The average Bonchev–Trinajstić information content (AvgIpc) is 3.16. The quantitative estimate of drug-likeness (QED) is 0.420. The molecule has 0 aliphatic rings. The molecule has 0 aliphatic heterocycles. The van der Waals surface area contributed by atoms with Crippen molar-refractivity contribution in [2.24, 2.45) is 0 Å². The SMILES string of the molecule is CCC[CH2][Sn]([CH2]CCC)([CH2]CCC)[c]1cnnc(-c2ccco2)c1. The van der Waals surface area contributed by atoms with Crippen molar-refractivity contribution in [3.63, 3.8) is 0 Å². The third-order valence-corrected chi connectivity index (χ3v) is 20.6. The van der Waals surface area contributed by atoms with Gasteiger partial charge in [-0.2, -0.15) is 0 Å². The Morgan fingerprint density at radius 1 is 0.958 bits per heavy atom. The number of furan rings is 1. The first-order chi connectivity index (χ1) is 11.8. The fourth-order valence-electron chi connectivity index (χ4n) is 3.55. The summed E-state index contributed by atoms with van der Waals surface area (Å²) in [6.07, 6.45) is 11.8. The van der Waals surface area contributed by atoms with Gasteiger partial charge in [0.2, 0.25) is 0 Å². The molecule has 4 heteroatoms. The standard InChI is InChI=1S/C8H5N2O.3C4H9.Sn/c1-3-7(10-9-5-1)8-4-2-6-11-8;3*1-3-4-2;/h2-6H;3*1,3-4H2,2H3;. The minimum absolute atomic E-state index is 0.839. The number of aromatic nitrogens is 2. The fourth-order valence-corrected chi connectivity index (χ4v) is 19.2. The summed E-state index contributed by atoms with van der Waals surface area (Å²) in [6.45, 7) is 6.94. The van der Waals surface area contributed by atoms with Crippen molar-refractivity contribution in [1.29, 1.82) is 0 Å². The Labute approximate surface area is 151 Å². The maximum atomic E-state index is 5.55. The molecule has 3 nitrogen and oxygen atoms in total. The molecule has 0 bridgehead atoms. The number of rotatable bonds is 11. The average molecular weight is 435 g/mol. The van der Waals surface area contributed by atoms with E-state index in [9.17, 15) is 0 Å². The first-order valence-electron chi connectivity index (χ1n) is 9.62. The van der Waals surface area contributed by atoms with Crippen LogP contribution < -0.4 is 3.58 Å². The van der Waals surface area contributed by atoms with Crippen molar-refractivity contribution < 1.29 is 4.42 Å². The predicted molar refractivity (Wildman–Crippen MR) is 104 cm³/mol. The molecule has 2 heterocycles. The van der Waals surface area contributed by atoms with E-state index in [4.69, 9.17) is 4.42 Å². The summed E-state index contributed by atoms with van der Waals surface area (Å²) >= 11 is -2.42. The summed E-state index contributed by atoms with van der Waals surface area (Å²) in [6, 6.07) is 6.21. The fraction of sp³-hybridized carbons (Fsp3) is 0.600. The Hall–Kier alpha value is -0.841. The van der Waals surface area contributed by atoms with Gasteiger partial charge in [0.05, 0.1) is 0 Å². The molecular formula is C20H32N2OSn. The van der Waals surface area contributed by atoms with Crippen molar-refractivity contribution >= 4 is 22.0 Å². The molecule has 0 amide bonds. The number of hydrogen-bond acceptors (Lipinski definition) is 3. The van der Waals surface area contributed by atoms with Gasteiger partial charge in [0.1, 0.15) is 0 Å². The Kier molecular flexibility index (Phi) is 8.29. The molecule has 0 saturated heterocycles. The van der Waals surface area contributed by atoms with Crippen LogP contribution in [0.15, 0.2) is 35.1 Å². The van der Waals surface area contributed by atoms with Gasteiger partial charge < -0.3 is 0 Å². The van der Waals surface area contributed by atoms with E-state index in [-0.39, 0.29) is 0 Å². The van der Waals surface area contributed by atoms with Crippen LogP contribution in [0.4, 0.5) is 0 Å². The zero-order valence-corrected chi connectivity index (χ0v) is 18.4. The van der Waals surface area contributed by atoms with Crippen molar-refractivity contribution in [3.05, 3.63) is 30.7 Å². The van der Waals surface area contributed by atoms with E-state index in [0.717, 1.165) is 11.5 Å². The van der Waals surface area contributed by atoms with E-state index in [2.05, 4.69) is 43.2 Å². The van der Waals surface area contributed by atoms with Gasteiger partial charge in [0, 0.05) is 0 Å². The van der Waals surface area contributed by atoms with Crippen molar-refractivity contribution in [2.45, 2.75) is 72.6 Å². The Morgan fingerprint density at radius 3 is 2.08 bits per heavy atom. The monoisotopic (exact) mass is 436 g/mol. The Balaban J connectivity index is 2.37. The molecule has 2 aromatic rings. The normalized spacial score (nSPS) is 11.8. The van der Waals surface area contributed by atoms with Crippen molar-refractivity contribution in [3.8, 4) is 11.5 Å². The van der Waals surface area contributed by atoms with Crippen LogP contribution in [-0.2, 0) is 0 Å². The van der Waals surface area contributed by atoms with Gasteiger partial charge in [-0.1, -0.05) is 0 Å². The van der Waals surface area contributed by atoms with Gasteiger partial charge in [-0.3, -0.25) is 0 Å². The van der Waals surface area contributed by atoms with Crippen LogP contribution in [0.25, 0.3) is 11.5 Å². The molecule has 0 saturated carbocycles. The number of hydrogen-bond donors (Lipinski definition) is 0. The van der Waals surface area contributed by atoms with Crippen LogP contribution >= 0.6 is 0 Å². The number of unbranched alkanes of at least 4 members (excludes halogenated alkanes) is 3. The molecule has 0 fully saturated rings. The van der Waals surface area contributed by atoms with Crippen LogP contribution in [0.5, 0.6) is 0 Å². The zero-order valence-electron chi connectivity index (χ0n) is 15.6. The maximum absolute atomic E-state index is 5.55. The van der Waals surface area contributed by atoms with Gasteiger partial charge >= 0.3 is 151 Å². The minimum atomic E-state index is -2.42. The first kappa shape index (κ1) is 19.5. The van der Waals surface area contributed by atoms with Crippen LogP contribution in [0.3, 0.4) is 0 Å². The van der Waals surface area contributed by atoms with Crippen molar-refractivity contribution in [1.82, 2.24) is 10.2 Å². The van der Waals surface area contributed by atoms with Crippen LogP contribution in [0.1, 0.15) is 59.3 Å². The van der Waals surface area contributed by atoms with Gasteiger partial charge in [-0.15, -0.1) is 0 Å². The van der Waals surface area contributed by atoms with E-state index in [1.165, 1.54) is 51.8 Å². The molecule has 2 aromatic heterocycles. The van der Waals surface area contributed by atoms with E-state index < -0.39 is 18.4 Å². The second-order valence-corrected chi connectivity index (χ2v) is 20.1. The summed E-state index contributed by atoms with van der Waals surface area (Å²) in [5.74, 6) is 0.839. The molecule has 2 rings (SSSR count). The molecule has 0 radical (unpaired) electrons. The summed E-state index contributed by atoms with van der Waals surface area (Å²) in [4.78, 5) is 0. The molecule has 0 atom stereocenters. The summed E-state index contributed by atoms with van der Waals surface area (Å²) in [7, 11) is 0. The molecule has 24 heavy (non-hydrogen) atoms. The van der Waals surface area contributed by atoms with Gasteiger partial charge in [-0.25, -0.2) is 0 Å². The van der Waals surface area contributed by atoms with Crippen LogP contribution in [-0.4, -0.2) is 28.6 Å². The van der Waals surface area contributed by atoms with E-state index >= 15 is 0 Å². The van der Waals surface area contributed by atoms with Gasteiger partial charge in [0.25, 0.3) is 0 Å². The molecule has 132 valence electrons. The van der Waals surface area contributed by atoms with E-state index in [0.29, 0.717) is 0 Å². The predicted octanol–water partition coefficient (Wildman–Crippen LogP) is 5.79. The summed E-state index contributed by atoms with van der Waals surface area (Å²) in [5, 5.41) is 8.70. The van der Waals surface area contributed by atoms with E-state index in [1.807, 2.05) is 12.1 Å². The van der Waals surface area contributed by atoms with Crippen LogP contribution in [0.2, 0.25) is 13.3 Å². The third kappa shape index (κ3) is 5.08. The van der Waals surface area contributed by atoms with Crippen molar-refractivity contribution in [2.75, 3.05) is 0 Å². The van der Waals surface area contributed by atoms with Gasteiger partial charge in [0.15, 0.2) is 0 Å². The Morgan fingerprint density at radius 2 is 1.58 bits per heavy atom. The molecule has 0 aliphatic carbocycles. The summed E-state index contributed by atoms with van der Waals surface area (Å²) < 4.78 is 11.5. The first-order valence-corrected chi connectivity index (χ1v) is 17.1. The second kappa shape index (κ2) is 10.2. The molecule has 0 aromatic carbocycles. The number of nitrogens with zero attached hydrogens (tertiary/aromatic N) is 2. The molecule has 0 unspecified atom stereocenters.